The second kappa shape index (κ2) is 2.55. The Balaban J connectivity index is 3.02. The SMILES string of the molecule is CC(C)(N)C(C)(C)c1ncn[nH]1. The molecule has 68 valence electrons. The fourth-order valence-electron chi connectivity index (χ4n) is 0.812. The number of nitrogens with zero attached hydrogens (tertiary/aromatic N) is 2. The molecular formula is C8H16N4. The van der Waals surface area contributed by atoms with E-state index in [0.717, 1.165) is 5.82 Å². The molecule has 0 radical (unpaired) electrons. The van der Waals surface area contributed by atoms with Gasteiger partial charge in [0.05, 0.1) is 0 Å². The molecule has 0 bridgehead atoms. The van der Waals surface area contributed by atoms with Crippen LogP contribution in [0, 0.1) is 0 Å². The van der Waals surface area contributed by atoms with Crippen molar-refractivity contribution in [3.05, 3.63) is 12.2 Å². The lowest BCUT2D eigenvalue weighted by Gasteiger charge is -2.36. The van der Waals surface area contributed by atoms with Crippen LogP contribution in [0.4, 0.5) is 0 Å². The molecule has 1 aromatic rings. The molecule has 0 atom stereocenters. The Kier molecular flexibility index (Phi) is 1.96. The van der Waals surface area contributed by atoms with Gasteiger partial charge in [0, 0.05) is 11.0 Å². The first-order chi connectivity index (χ1) is 5.36. The molecule has 0 unspecified atom stereocenters. The molecule has 1 rings (SSSR count). The second-order valence-electron chi connectivity index (χ2n) is 4.18. The Morgan fingerprint density at radius 1 is 1.33 bits per heavy atom. The number of nitrogens with two attached hydrogens (primary N) is 1. The van der Waals surface area contributed by atoms with Crippen LogP contribution in [0.1, 0.15) is 33.5 Å². The second-order valence-corrected chi connectivity index (χ2v) is 4.18. The lowest BCUT2D eigenvalue weighted by molar-refractivity contribution is 0.291. The van der Waals surface area contributed by atoms with Gasteiger partial charge in [-0.25, -0.2) is 4.98 Å². The average Bonchev–Trinajstić information content (AvgIpc) is 2.34. The van der Waals surface area contributed by atoms with E-state index in [4.69, 9.17) is 5.73 Å². The van der Waals surface area contributed by atoms with Gasteiger partial charge >= 0.3 is 0 Å². The van der Waals surface area contributed by atoms with Gasteiger partial charge in [0.1, 0.15) is 12.2 Å². The molecule has 0 amide bonds. The number of rotatable bonds is 2. The van der Waals surface area contributed by atoms with Crippen molar-refractivity contribution in [2.24, 2.45) is 5.73 Å². The normalized spacial score (nSPS) is 13.4. The number of H-pyrrole nitrogens is 1. The van der Waals surface area contributed by atoms with Crippen LogP contribution in [0.3, 0.4) is 0 Å². The number of hydrogen-bond donors (Lipinski definition) is 2. The third-order valence-electron chi connectivity index (χ3n) is 2.62. The van der Waals surface area contributed by atoms with E-state index in [-0.39, 0.29) is 11.0 Å². The minimum absolute atomic E-state index is 0.191. The summed E-state index contributed by atoms with van der Waals surface area (Å²) in [4.78, 5) is 4.11. The van der Waals surface area contributed by atoms with Gasteiger partial charge in [-0.1, -0.05) is 13.8 Å². The molecule has 0 fully saturated rings. The zero-order valence-electron chi connectivity index (χ0n) is 8.05. The van der Waals surface area contributed by atoms with Crippen molar-refractivity contribution in [2.75, 3.05) is 0 Å². The first kappa shape index (κ1) is 9.19. The molecule has 4 heteroatoms. The van der Waals surface area contributed by atoms with E-state index in [1.165, 1.54) is 6.33 Å². The van der Waals surface area contributed by atoms with Crippen molar-refractivity contribution in [3.8, 4) is 0 Å². The number of aromatic amines is 1. The highest BCUT2D eigenvalue weighted by Crippen LogP contribution is 2.29. The predicted molar refractivity (Wildman–Crippen MR) is 47.7 cm³/mol. The average molecular weight is 168 g/mol. The molecular weight excluding hydrogens is 152 g/mol. The molecule has 0 aliphatic heterocycles. The summed E-state index contributed by atoms with van der Waals surface area (Å²) in [6.07, 6.45) is 1.50. The van der Waals surface area contributed by atoms with E-state index in [1.54, 1.807) is 0 Å². The Bertz CT molecular complexity index is 243. The summed E-state index contributed by atoms with van der Waals surface area (Å²) in [5, 5.41) is 6.65. The quantitative estimate of drug-likeness (QED) is 0.687. The molecule has 0 saturated carbocycles. The van der Waals surface area contributed by atoms with Crippen molar-refractivity contribution in [1.82, 2.24) is 15.2 Å². The first-order valence-electron chi connectivity index (χ1n) is 4.00. The summed E-state index contributed by atoms with van der Waals surface area (Å²) < 4.78 is 0. The Morgan fingerprint density at radius 3 is 2.25 bits per heavy atom. The maximum absolute atomic E-state index is 6.02. The van der Waals surface area contributed by atoms with Gasteiger partial charge < -0.3 is 5.73 Å². The van der Waals surface area contributed by atoms with E-state index in [1.807, 2.05) is 27.7 Å². The van der Waals surface area contributed by atoms with Crippen LogP contribution in [0.15, 0.2) is 6.33 Å². The Morgan fingerprint density at radius 2 is 1.92 bits per heavy atom. The summed E-state index contributed by atoms with van der Waals surface area (Å²) in [7, 11) is 0. The van der Waals surface area contributed by atoms with Gasteiger partial charge in [0.15, 0.2) is 0 Å². The molecule has 4 nitrogen and oxygen atoms in total. The van der Waals surface area contributed by atoms with Crippen molar-refractivity contribution in [1.29, 1.82) is 0 Å². The largest absolute Gasteiger partial charge is 0.325 e. The zero-order valence-corrected chi connectivity index (χ0v) is 8.05. The van der Waals surface area contributed by atoms with Crippen molar-refractivity contribution in [3.63, 3.8) is 0 Å². The number of aromatic nitrogens is 3. The first-order valence-corrected chi connectivity index (χ1v) is 4.00. The van der Waals surface area contributed by atoms with Crippen LogP contribution in [0.5, 0.6) is 0 Å². The van der Waals surface area contributed by atoms with Crippen molar-refractivity contribution >= 4 is 0 Å². The molecule has 0 saturated heterocycles. The van der Waals surface area contributed by atoms with Gasteiger partial charge in [-0.15, -0.1) is 0 Å². The molecule has 0 aliphatic carbocycles. The van der Waals surface area contributed by atoms with Crippen molar-refractivity contribution < 1.29 is 0 Å². The van der Waals surface area contributed by atoms with E-state index >= 15 is 0 Å². The topological polar surface area (TPSA) is 67.6 Å². The Hall–Kier alpha value is -0.900. The van der Waals surface area contributed by atoms with E-state index < -0.39 is 0 Å². The minimum atomic E-state index is -0.313. The summed E-state index contributed by atoms with van der Waals surface area (Å²) in [6, 6.07) is 0. The summed E-state index contributed by atoms with van der Waals surface area (Å²) in [5.41, 5.74) is 5.51. The Labute approximate surface area is 72.6 Å². The maximum atomic E-state index is 6.02. The summed E-state index contributed by atoms with van der Waals surface area (Å²) in [5.74, 6) is 0.829. The van der Waals surface area contributed by atoms with E-state index in [2.05, 4.69) is 15.2 Å². The van der Waals surface area contributed by atoms with Crippen LogP contribution in [-0.2, 0) is 5.41 Å². The molecule has 12 heavy (non-hydrogen) atoms. The lowest BCUT2D eigenvalue weighted by Crippen LogP contribution is -2.50. The van der Waals surface area contributed by atoms with Crippen LogP contribution in [0.2, 0.25) is 0 Å². The van der Waals surface area contributed by atoms with Crippen LogP contribution < -0.4 is 5.73 Å². The zero-order chi connectivity index (χ0) is 9.41. The fraction of sp³-hybridized carbons (Fsp3) is 0.750. The molecule has 1 aromatic heterocycles. The van der Waals surface area contributed by atoms with Crippen LogP contribution in [0.25, 0.3) is 0 Å². The highest BCUT2D eigenvalue weighted by atomic mass is 15.2. The summed E-state index contributed by atoms with van der Waals surface area (Å²) in [6.45, 7) is 8.06. The van der Waals surface area contributed by atoms with Crippen LogP contribution >= 0.6 is 0 Å². The lowest BCUT2D eigenvalue weighted by atomic mass is 9.75. The van der Waals surface area contributed by atoms with Crippen molar-refractivity contribution in [2.45, 2.75) is 38.6 Å². The van der Waals surface area contributed by atoms with Crippen LogP contribution in [-0.4, -0.2) is 20.7 Å². The van der Waals surface area contributed by atoms with Gasteiger partial charge in [0.25, 0.3) is 0 Å². The van der Waals surface area contributed by atoms with E-state index in [9.17, 15) is 0 Å². The maximum Gasteiger partial charge on any atom is 0.137 e. The monoisotopic (exact) mass is 168 g/mol. The highest BCUT2D eigenvalue weighted by molar-refractivity contribution is 5.11. The molecule has 0 spiro atoms. The number of hydrogen-bond acceptors (Lipinski definition) is 3. The third kappa shape index (κ3) is 1.34. The summed E-state index contributed by atoms with van der Waals surface area (Å²) >= 11 is 0. The van der Waals surface area contributed by atoms with Gasteiger partial charge in [-0.2, -0.15) is 5.10 Å². The minimum Gasteiger partial charge on any atom is -0.325 e. The van der Waals surface area contributed by atoms with Gasteiger partial charge in [0.2, 0.25) is 0 Å². The molecule has 3 N–H and O–H groups in total. The molecule has 1 heterocycles. The predicted octanol–water partition coefficient (Wildman–Crippen LogP) is 0.820. The third-order valence-corrected chi connectivity index (χ3v) is 2.62. The van der Waals surface area contributed by atoms with Gasteiger partial charge in [-0.05, 0) is 13.8 Å². The fourth-order valence-corrected chi connectivity index (χ4v) is 0.812. The molecule has 0 aromatic carbocycles. The number of nitrogens with one attached hydrogen (secondary N) is 1. The highest BCUT2D eigenvalue weighted by Gasteiger charge is 2.37. The smallest absolute Gasteiger partial charge is 0.137 e. The molecule has 0 aliphatic rings. The van der Waals surface area contributed by atoms with E-state index in [0.29, 0.717) is 0 Å². The standard InChI is InChI=1S/C8H16N4/c1-7(2,8(3,4)9)6-10-5-11-12-6/h5H,9H2,1-4H3,(H,10,11,12). The van der Waals surface area contributed by atoms with Gasteiger partial charge in [-0.3, -0.25) is 5.10 Å².